The van der Waals surface area contributed by atoms with Gasteiger partial charge in [-0.2, -0.15) is 0 Å². The number of nitrogens with one attached hydrogen (secondary N) is 1. The summed E-state index contributed by atoms with van der Waals surface area (Å²) in [7, 11) is 1.55. The zero-order chi connectivity index (χ0) is 39.2. The van der Waals surface area contributed by atoms with Gasteiger partial charge in [0.1, 0.15) is 22.6 Å². The molecule has 0 saturated heterocycles. The number of aromatic carboxylic acids is 1. The monoisotopic (exact) mass is 735 g/mol. The van der Waals surface area contributed by atoms with E-state index in [-0.39, 0.29) is 29.2 Å². The predicted molar refractivity (Wildman–Crippen MR) is 200 cm³/mol. The van der Waals surface area contributed by atoms with E-state index < -0.39 is 40.7 Å². The van der Waals surface area contributed by atoms with E-state index in [9.17, 15) is 24.3 Å². The molecule has 5 N–H and O–H groups in total. The molecule has 2 aromatic heterocycles. The number of aromatic nitrogens is 3. The lowest BCUT2D eigenvalue weighted by atomic mass is 9.88. The van der Waals surface area contributed by atoms with Crippen molar-refractivity contribution in [1.82, 2.24) is 14.3 Å². The number of ether oxygens (including phenoxy) is 2. The lowest BCUT2D eigenvalue weighted by Crippen LogP contribution is -2.52. The van der Waals surface area contributed by atoms with Crippen LogP contribution in [0.4, 0.5) is 10.1 Å². The normalized spacial score (nSPS) is 12.5. The van der Waals surface area contributed by atoms with Gasteiger partial charge in [-0.15, -0.1) is 0 Å². The number of nitrogens with two attached hydrogens (primary N) is 1. The molecular formula is C40H38FN5O8. The number of fused-ring (bicyclic) bond motifs is 1. The Balaban J connectivity index is 0.000000546. The van der Waals surface area contributed by atoms with Gasteiger partial charge in [0, 0.05) is 41.9 Å². The van der Waals surface area contributed by atoms with Crippen LogP contribution in [0, 0.1) is 18.7 Å². The van der Waals surface area contributed by atoms with E-state index in [4.69, 9.17) is 20.3 Å². The van der Waals surface area contributed by atoms with E-state index in [1.165, 1.54) is 34.6 Å². The summed E-state index contributed by atoms with van der Waals surface area (Å²) in [5, 5.41) is 21.3. The highest BCUT2D eigenvalue weighted by Crippen LogP contribution is 2.33. The Morgan fingerprint density at radius 3 is 2.20 bits per heavy atom. The molecule has 4 aromatic carbocycles. The minimum Gasteiger partial charge on any atom is -0.497 e. The van der Waals surface area contributed by atoms with E-state index in [1.54, 1.807) is 106 Å². The maximum Gasteiger partial charge on any atom is 0.335 e. The molecule has 2 heterocycles. The number of hydrogen-bond acceptors (Lipinski definition) is 8. The second-order valence-corrected chi connectivity index (χ2v) is 12.5. The number of anilines is 1. The number of amides is 1. The number of carbonyl (C=O) groups is 3. The number of benzene rings is 4. The number of carbonyl (C=O) groups excluding carboxylic acids is 1. The Morgan fingerprint density at radius 2 is 1.61 bits per heavy atom. The fraction of sp³-hybridized carbons (Fsp3) is 0.175. The minimum absolute atomic E-state index is 0.0275. The number of methoxy groups -OCH3 is 1. The molecule has 0 unspecified atom stereocenters. The van der Waals surface area contributed by atoms with Crippen molar-refractivity contribution in [2.24, 2.45) is 11.7 Å². The summed E-state index contributed by atoms with van der Waals surface area (Å²) in [6, 6.07) is 27.7. The molecule has 2 atom stereocenters. The Labute approximate surface area is 309 Å². The average Bonchev–Trinajstić information content (AvgIpc) is 3.41. The van der Waals surface area contributed by atoms with E-state index >= 15 is 4.39 Å². The number of rotatable bonds is 11. The van der Waals surface area contributed by atoms with Crippen LogP contribution in [-0.4, -0.2) is 55.1 Å². The fourth-order valence-corrected chi connectivity index (χ4v) is 5.49. The first-order chi connectivity index (χ1) is 25.7. The summed E-state index contributed by atoms with van der Waals surface area (Å²) in [5.74, 6) is -3.30. The van der Waals surface area contributed by atoms with Crippen LogP contribution < -0.4 is 26.1 Å². The third kappa shape index (κ3) is 8.29. The van der Waals surface area contributed by atoms with Crippen molar-refractivity contribution in [3.05, 3.63) is 142 Å². The first-order valence-corrected chi connectivity index (χ1v) is 16.6. The van der Waals surface area contributed by atoms with Crippen LogP contribution >= 0.6 is 0 Å². The van der Waals surface area contributed by atoms with Crippen LogP contribution in [0.15, 0.2) is 114 Å². The van der Waals surface area contributed by atoms with E-state index in [1.807, 2.05) is 0 Å². The Hall–Kier alpha value is -6.80. The second kappa shape index (κ2) is 16.3. The summed E-state index contributed by atoms with van der Waals surface area (Å²) in [6.45, 7) is 4.67. The van der Waals surface area contributed by atoms with Crippen LogP contribution in [0.5, 0.6) is 17.2 Å². The highest BCUT2D eigenvalue weighted by molar-refractivity contribution is 6.05. The highest BCUT2D eigenvalue weighted by atomic mass is 19.1. The largest absolute Gasteiger partial charge is 0.497 e. The van der Waals surface area contributed by atoms with Gasteiger partial charge in [0.15, 0.2) is 11.6 Å². The number of aliphatic carboxylic acids is 1. The van der Waals surface area contributed by atoms with Gasteiger partial charge in [-0.3, -0.25) is 24.0 Å². The minimum atomic E-state index is -1.60. The lowest BCUT2D eigenvalue weighted by Gasteiger charge is -2.28. The maximum atomic E-state index is 15.2. The molecule has 0 aliphatic heterocycles. The predicted octanol–water partition coefficient (Wildman–Crippen LogP) is 6.51. The van der Waals surface area contributed by atoms with Gasteiger partial charge in [0.2, 0.25) is 0 Å². The summed E-state index contributed by atoms with van der Waals surface area (Å²) >= 11 is 0. The van der Waals surface area contributed by atoms with Gasteiger partial charge >= 0.3 is 11.9 Å². The van der Waals surface area contributed by atoms with E-state index in [0.717, 1.165) is 6.07 Å². The molecule has 0 aliphatic carbocycles. The standard InChI is InChI=1S/C33H32FN5O6.C7H6O2/c1-19(33(3,35)32(42)43)18-38-20(2)29(31(41)39(38)22-8-6-5-7-9-22)30(40)37-21-10-13-28(25(34)16-21)45-27-14-15-36-26-17-23(44-4)11-12-24(26)27;8-7(9)6-4-2-1-3-5-6/h5-17,19H,18,35H2,1-4H3,(H,37,40)(H,42,43);1-5H,(H,8,9)/t19-,33-;/m0./s1. The Bertz CT molecular complexity index is 2380. The van der Waals surface area contributed by atoms with Gasteiger partial charge < -0.3 is 30.7 Å². The van der Waals surface area contributed by atoms with Crippen molar-refractivity contribution in [2.45, 2.75) is 32.9 Å². The third-order valence-electron chi connectivity index (χ3n) is 8.90. The highest BCUT2D eigenvalue weighted by Gasteiger charge is 2.36. The summed E-state index contributed by atoms with van der Waals surface area (Å²) in [5.41, 5.74) is 5.46. The first kappa shape index (κ1) is 38.4. The van der Waals surface area contributed by atoms with Crippen molar-refractivity contribution in [3.63, 3.8) is 0 Å². The summed E-state index contributed by atoms with van der Waals surface area (Å²) in [6.07, 6.45) is 1.54. The molecule has 6 rings (SSSR count). The average molecular weight is 736 g/mol. The zero-order valence-electron chi connectivity index (χ0n) is 29.8. The first-order valence-electron chi connectivity index (χ1n) is 16.6. The molecule has 54 heavy (non-hydrogen) atoms. The van der Waals surface area contributed by atoms with Crippen LogP contribution in [-0.2, 0) is 11.3 Å². The number of nitrogens with zero attached hydrogens (tertiary/aromatic N) is 3. The van der Waals surface area contributed by atoms with Gasteiger partial charge in [0.05, 0.1) is 29.6 Å². The number of carboxylic acids is 2. The number of carboxylic acid groups (broad SMARTS) is 2. The number of pyridine rings is 1. The molecule has 0 spiro atoms. The quantitative estimate of drug-likeness (QED) is 0.114. The van der Waals surface area contributed by atoms with E-state index in [2.05, 4.69) is 10.3 Å². The molecule has 0 saturated carbocycles. The molecular weight excluding hydrogens is 697 g/mol. The maximum absolute atomic E-state index is 15.2. The zero-order valence-corrected chi connectivity index (χ0v) is 29.8. The molecule has 13 nitrogen and oxygen atoms in total. The van der Waals surface area contributed by atoms with E-state index in [0.29, 0.717) is 33.7 Å². The smallest absolute Gasteiger partial charge is 0.335 e. The molecule has 14 heteroatoms. The molecule has 0 radical (unpaired) electrons. The van der Waals surface area contributed by atoms with Gasteiger partial charge in [-0.25, -0.2) is 13.9 Å². The van der Waals surface area contributed by atoms with Gasteiger partial charge in [-0.05, 0) is 68.4 Å². The van der Waals surface area contributed by atoms with Crippen molar-refractivity contribution in [1.29, 1.82) is 0 Å². The number of hydrogen-bond donors (Lipinski definition) is 4. The lowest BCUT2D eigenvalue weighted by molar-refractivity contribution is -0.144. The van der Waals surface area contributed by atoms with Crippen molar-refractivity contribution in [3.8, 4) is 22.9 Å². The van der Waals surface area contributed by atoms with Crippen molar-refractivity contribution >= 4 is 34.4 Å². The molecule has 1 amide bonds. The molecule has 0 fully saturated rings. The van der Waals surface area contributed by atoms with Gasteiger partial charge in [0.25, 0.3) is 11.5 Å². The molecule has 0 bridgehead atoms. The Morgan fingerprint density at radius 1 is 0.944 bits per heavy atom. The Kier molecular flexibility index (Phi) is 11.6. The summed E-state index contributed by atoms with van der Waals surface area (Å²) < 4.78 is 29.2. The SMILES string of the molecule is COc1ccc2c(Oc3ccc(NC(=O)c4c(C)n(C[C@H](C)[C@](C)(N)C(=O)O)n(-c5ccccc5)c4=O)cc3F)ccnc2c1.O=C(O)c1ccccc1. The van der Waals surface area contributed by atoms with Gasteiger partial charge in [-0.1, -0.05) is 43.3 Å². The molecule has 6 aromatic rings. The topological polar surface area (TPSA) is 188 Å². The number of halogens is 1. The van der Waals surface area contributed by atoms with Crippen LogP contribution in [0.25, 0.3) is 16.6 Å². The molecule has 0 aliphatic rings. The molecule has 278 valence electrons. The number of para-hydroxylation sites is 1. The van der Waals surface area contributed by atoms with Crippen LogP contribution in [0.2, 0.25) is 0 Å². The van der Waals surface area contributed by atoms with Crippen LogP contribution in [0.3, 0.4) is 0 Å². The second-order valence-electron chi connectivity index (χ2n) is 12.5. The fourth-order valence-electron chi connectivity index (χ4n) is 5.49. The van der Waals surface area contributed by atoms with Crippen LogP contribution in [0.1, 0.15) is 40.3 Å². The van der Waals surface area contributed by atoms with Crippen molar-refractivity contribution in [2.75, 3.05) is 12.4 Å². The van der Waals surface area contributed by atoms with Crippen molar-refractivity contribution < 1.29 is 38.5 Å². The third-order valence-corrected chi connectivity index (χ3v) is 8.90. The summed E-state index contributed by atoms with van der Waals surface area (Å²) in [4.78, 5) is 53.5.